The summed E-state index contributed by atoms with van der Waals surface area (Å²) in [6, 6.07) is 7.63. The highest BCUT2D eigenvalue weighted by molar-refractivity contribution is 14.1. The summed E-state index contributed by atoms with van der Waals surface area (Å²) in [6.07, 6.45) is 3.47. The third kappa shape index (κ3) is 9.47. The van der Waals surface area contributed by atoms with Gasteiger partial charge < -0.3 is 16.0 Å². The van der Waals surface area contributed by atoms with Crippen LogP contribution in [0, 0.1) is 3.57 Å². The number of alkyl halides is 3. The van der Waals surface area contributed by atoms with Crippen molar-refractivity contribution in [2.75, 3.05) is 5.32 Å². The zero-order valence-corrected chi connectivity index (χ0v) is 19.0. The summed E-state index contributed by atoms with van der Waals surface area (Å²) >= 11 is 25.4. The first-order chi connectivity index (χ1) is 11.7. The van der Waals surface area contributed by atoms with Crippen molar-refractivity contribution in [3.05, 3.63) is 27.8 Å². The van der Waals surface area contributed by atoms with Crippen LogP contribution < -0.4 is 16.0 Å². The van der Waals surface area contributed by atoms with Gasteiger partial charge in [-0.15, -0.1) is 0 Å². The molecule has 1 rings (SSSR count). The molecule has 1 unspecified atom stereocenters. The molecule has 0 saturated heterocycles. The standard InChI is InChI=1S/C16H21Cl3IN3OS/c1-2-3-4-5-10-13(24)22-14(16(17,18)19)23-15(25)21-12-9-7-6-8-11(12)20/h6-9,14H,2-5,10H2,1H3,(H,22,24)(H2,21,23,25). The average Bonchev–Trinajstić information content (AvgIpc) is 2.52. The quantitative estimate of drug-likeness (QED) is 0.138. The van der Waals surface area contributed by atoms with E-state index in [1.165, 1.54) is 0 Å². The number of hydrogen-bond donors (Lipinski definition) is 3. The molecule has 0 aliphatic heterocycles. The molecule has 0 fully saturated rings. The van der Waals surface area contributed by atoms with Gasteiger partial charge in [-0.3, -0.25) is 4.79 Å². The second kappa shape index (κ2) is 11.6. The number of carbonyl (C=O) groups is 1. The Kier molecular flexibility index (Phi) is 10.7. The minimum absolute atomic E-state index is 0.183. The van der Waals surface area contributed by atoms with Crippen LogP contribution in [0.2, 0.25) is 0 Å². The van der Waals surface area contributed by atoms with Gasteiger partial charge >= 0.3 is 0 Å². The molecule has 0 radical (unpaired) electrons. The second-order valence-electron chi connectivity index (χ2n) is 5.43. The molecule has 3 N–H and O–H groups in total. The van der Waals surface area contributed by atoms with Gasteiger partial charge in [0, 0.05) is 9.99 Å². The van der Waals surface area contributed by atoms with E-state index in [0.717, 1.165) is 34.9 Å². The Hall–Kier alpha value is -0.0200. The number of anilines is 1. The van der Waals surface area contributed by atoms with Crippen LogP contribution in [-0.2, 0) is 4.79 Å². The fraction of sp³-hybridized carbons (Fsp3) is 0.500. The maximum absolute atomic E-state index is 12.1. The van der Waals surface area contributed by atoms with Crippen LogP contribution in [0.25, 0.3) is 0 Å². The number of benzene rings is 1. The van der Waals surface area contributed by atoms with E-state index in [1.54, 1.807) is 0 Å². The number of amides is 1. The zero-order chi connectivity index (χ0) is 18.9. The van der Waals surface area contributed by atoms with Gasteiger partial charge in [0.05, 0.1) is 5.69 Å². The number of carbonyl (C=O) groups excluding carboxylic acids is 1. The molecular weight excluding hydrogens is 516 g/mol. The Morgan fingerprint density at radius 2 is 1.88 bits per heavy atom. The predicted molar refractivity (Wildman–Crippen MR) is 119 cm³/mol. The number of unbranched alkanes of at least 4 members (excludes halogenated alkanes) is 3. The van der Waals surface area contributed by atoms with Gasteiger partial charge in [0.1, 0.15) is 6.17 Å². The van der Waals surface area contributed by atoms with Crippen LogP contribution in [-0.4, -0.2) is 21.0 Å². The molecule has 9 heteroatoms. The van der Waals surface area contributed by atoms with Crippen molar-refractivity contribution in [2.45, 2.75) is 49.0 Å². The van der Waals surface area contributed by atoms with Crippen LogP contribution in [0.3, 0.4) is 0 Å². The molecule has 1 aromatic carbocycles. The summed E-state index contributed by atoms with van der Waals surface area (Å²) < 4.78 is -0.746. The number of nitrogens with one attached hydrogen (secondary N) is 3. The van der Waals surface area contributed by atoms with Crippen molar-refractivity contribution < 1.29 is 4.79 Å². The summed E-state index contributed by atoms with van der Waals surface area (Å²) in [7, 11) is 0. The van der Waals surface area contributed by atoms with E-state index in [2.05, 4.69) is 45.5 Å². The lowest BCUT2D eigenvalue weighted by molar-refractivity contribution is -0.122. The first kappa shape index (κ1) is 23.0. The Bertz CT molecular complexity index is 584. The molecule has 25 heavy (non-hydrogen) atoms. The lowest BCUT2D eigenvalue weighted by Gasteiger charge is -2.28. The fourth-order valence-electron chi connectivity index (χ4n) is 2.00. The molecule has 0 aromatic heterocycles. The van der Waals surface area contributed by atoms with E-state index >= 15 is 0 Å². The molecule has 0 aliphatic rings. The molecule has 0 saturated carbocycles. The summed E-state index contributed by atoms with van der Waals surface area (Å²) in [6.45, 7) is 2.12. The van der Waals surface area contributed by atoms with Gasteiger partial charge in [0.2, 0.25) is 9.70 Å². The zero-order valence-electron chi connectivity index (χ0n) is 13.8. The van der Waals surface area contributed by atoms with E-state index in [1.807, 2.05) is 24.3 Å². The third-order valence-electron chi connectivity index (χ3n) is 3.29. The molecule has 0 bridgehead atoms. The van der Waals surface area contributed by atoms with Crippen molar-refractivity contribution in [1.82, 2.24) is 10.6 Å². The van der Waals surface area contributed by atoms with E-state index < -0.39 is 9.96 Å². The minimum Gasteiger partial charge on any atom is -0.339 e. The third-order valence-corrected chi connectivity index (χ3v) is 5.10. The molecule has 0 aliphatic carbocycles. The van der Waals surface area contributed by atoms with Crippen molar-refractivity contribution in [1.29, 1.82) is 0 Å². The number of para-hydroxylation sites is 1. The molecular formula is C16H21Cl3IN3OS. The van der Waals surface area contributed by atoms with E-state index in [4.69, 9.17) is 47.0 Å². The number of hydrogen-bond acceptors (Lipinski definition) is 2. The molecule has 0 spiro atoms. The molecule has 1 amide bonds. The largest absolute Gasteiger partial charge is 0.339 e. The minimum atomic E-state index is -1.74. The summed E-state index contributed by atoms with van der Waals surface area (Å²) in [4.78, 5) is 12.1. The van der Waals surface area contributed by atoms with Crippen LogP contribution in [0.15, 0.2) is 24.3 Å². The lowest BCUT2D eigenvalue weighted by atomic mass is 10.1. The monoisotopic (exact) mass is 535 g/mol. The lowest BCUT2D eigenvalue weighted by Crippen LogP contribution is -2.56. The summed E-state index contributed by atoms with van der Waals surface area (Å²) in [5.74, 6) is -0.183. The molecule has 4 nitrogen and oxygen atoms in total. The first-order valence-electron chi connectivity index (χ1n) is 7.92. The van der Waals surface area contributed by atoms with Crippen molar-refractivity contribution in [3.8, 4) is 0 Å². The van der Waals surface area contributed by atoms with E-state index in [0.29, 0.717) is 6.42 Å². The second-order valence-corrected chi connectivity index (χ2v) is 9.37. The Labute approximate surface area is 182 Å². The maximum Gasteiger partial charge on any atom is 0.228 e. The summed E-state index contributed by atoms with van der Waals surface area (Å²) in [5.41, 5.74) is 0.828. The molecule has 1 aromatic rings. The average molecular weight is 537 g/mol. The number of rotatable bonds is 8. The highest BCUT2D eigenvalue weighted by atomic mass is 127. The summed E-state index contributed by atoms with van der Waals surface area (Å²) in [5, 5.41) is 8.83. The van der Waals surface area contributed by atoms with Gasteiger partial charge in [-0.25, -0.2) is 0 Å². The van der Waals surface area contributed by atoms with Crippen LogP contribution in [0.1, 0.15) is 39.0 Å². The van der Waals surface area contributed by atoms with Gasteiger partial charge in [-0.1, -0.05) is 73.1 Å². The van der Waals surface area contributed by atoms with E-state index in [9.17, 15) is 4.79 Å². The number of halogens is 4. The normalized spacial score (nSPS) is 12.4. The van der Waals surface area contributed by atoms with Crippen LogP contribution >= 0.6 is 69.6 Å². The molecule has 140 valence electrons. The van der Waals surface area contributed by atoms with Crippen molar-refractivity contribution in [2.24, 2.45) is 0 Å². The van der Waals surface area contributed by atoms with Gasteiger partial charge in [0.25, 0.3) is 0 Å². The first-order valence-corrected chi connectivity index (χ1v) is 10.5. The van der Waals surface area contributed by atoms with Gasteiger partial charge in [0.15, 0.2) is 5.11 Å². The SMILES string of the molecule is CCCCCCC(=O)NC(NC(=S)Nc1ccccc1I)C(Cl)(Cl)Cl. The highest BCUT2D eigenvalue weighted by Crippen LogP contribution is 2.29. The van der Waals surface area contributed by atoms with Gasteiger partial charge in [-0.05, 0) is 53.4 Å². The molecule has 1 atom stereocenters. The Morgan fingerprint density at radius 3 is 2.48 bits per heavy atom. The van der Waals surface area contributed by atoms with Crippen molar-refractivity contribution >= 4 is 86.3 Å². The predicted octanol–water partition coefficient (Wildman–Crippen LogP) is 5.36. The fourth-order valence-corrected chi connectivity index (χ4v) is 3.07. The Morgan fingerprint density at radius 1 is 1.20 bits per heavy atom. The van der Waals surface area contributed by atoms with Gasteiger partial charge in [-0.2, -0.15) is 0 Å². The maximum atomic E-state index is 12.1. The smallest absolute Gasteiger partial charge is 0.228 e. The van der Waals surface area contributed by atoms with E-state index in [-0.39, 0.29) is 11.0 Å². The number of thiocarbonyl (C=S) groups is 1. The van der Waals surface area contributed by atoms with Crippen LogP contribution in [0.4, 0.5) is 5.69 Å². The van der Waals surface area contributed by atoms with Crippen molar-refractivity contribution in [3.63, 3.8) is 0 Å². The van der Waals surface area contributed by atoms with Crippen LogP contribution in [0.5, 0.6) is 0 Å². The highest BCUT2D eigenvalue weighted by Gasteiger charge is 2.34. The topological polar surface area (TPSA) is 53.2 Å². The Balaban J connectivity index is 2.59. The molecule has 0 heterocycles.